The van der Waals surface area contributed by atoms with E-state index in [1.165, 1.54) is 31.2 Å². The molecule has 9 unspecified atom stereocenters. The van der Waals surface area contributed by atoms with Gasteiger partial charge in [0.1, 0.15) is 0 Å². The second-order valence-corrected chi connectivity index (χ2v) is 19.2. The Labute approximate surface area is 196 Å². The Bertz CT molecular complexity index is 589. The summed E-state index contributed by atoms with van der Waals surface area (Å²) in [5.74, 6) is 8.70. The maximum absolute atomic E-state index is 2.91. The molecule has 5 aliphatic rings. The van der Waals surface area contributed by atoms with E-state index in [4.69, 9.17) is 0 Å². The van der Waals surface area contributed by atoms with Crippen molar-refractivity contribution in [3.05, 3.63) is 0 Å². The number of fused-ring (bicyclic) bond motifs is 2. The van der Waals surface area contributed by atoms with Gasteiger partial charge in [0.25, 0.3) is 0 Å². The molecule has 5 fully saturated rings. The second kappa shape index (κ2) is 9.46. The number of hydrogen-bond acceptors (Lipinski definition) is 0. The average Bonchev–Trinajstić information content (AvgIpc) is 3.34. The van der Waals surface area contributed by atoms with Crippen molar-refractivity contribution in [2.75, 3.05) is 0 Å². The summed E-state index contributed by atoms with van der Waals surface area (Å²) in [5.41, 5.74) is 2.33. The van der Waals surface area contributed by atoms with Gasteiger partial charge in [-0.1, -0.05) is 97.6 Å². The molecule has 0 N–H and O–H groups in total. The molecule has 0 saturated heterocycles. The third-order valence-electron chi connectivity index (χ3n) is 12.3. The molecule has 0 aromatic rings. The quantitative estimate of drug-likeness (QED) is 0.372. The third-order valence-corrected chi connectivity index (χ3v) is 17.5. The van der Waals surface area contributed by atoms with Gasteiger partial charge < -0.3 is 0 Å². The Balaban J connectivity index is 1.32. The highest BCUT2D eigenvalue weighted by atomic mass is 28.3. The molecule has 0 aromatic carbocycles. The Morgan fingerprint density at radius 1 is 0.645 bits per heavy atom. The van der Waals surface area contributed by atoms with Crippen molar-refractivity contribution in [1.29, 1.82) is 0 Å². The fourth-order valence-corrected chi connectivity index (χ4v) is 16.2. The average molecular weight is 443 g/mol. The molecule has 0 nitrogen and oxygen atoms in total. The maximum Gasteiger partial charge on any atom is 0.0541 e. The fraction of sp³-hybridized carbons (Fsp3) is 1.00. The first-order valence-corrected chi connectivity index (χ1v) is 18.1. The summed E-state index contributed by atoms with van der Waals surface area (Å²) in [6.45, 7) is 11.1. The smallest absolute Gasteiger partial charge is 0.0541 e. The minimum Gasteiger partial charge on any atom is -0.0689 e. The molecule has 9 atom stereocenters. The second-order valence-electron chi connectivity index (χ2n) is 14.1. The number of hydrogen-bond donors (Lipinski definition) is 0. The molecule has 0 heterocycles. The lowest BCUT2D eigenvalue weighted by atomic mass is 9.72. The van der Waals surface area contributed by atoms with Crippen molar-refractivity contribution >= 4 is 8.07 Å². The summed E-state index contributed by atoms with van der Waals surface area (Å²) in [5, 5.41) is 0. The highest BCUT2D eigenvalue weighted by Crippen LogP contribution is 2.64. The van der Waals surface area contributed by atoms with Crippen molar-refractivity contribution in [1.82, 2.24) is 0 Å². The summed E-state index contributed by atoms with van der Waals surface area (Å²) in [6.07, 6.45) is 25.1. The standard InChI is InChI=1S/C30H54Si/c1-21(23-12-6-5-7-13-23)18-24-20-30(28-17-11-9-15-26(24)28)31(3,4)29-19-22(2)25-14-8-10-16-27(25)29/h21-30H,5-20H2,1-4H3. The molecular formula is C30H54Si. The van der Waals surface area contributed by atoms with Crippen LogP contribution in [-0.4, -0.2) is 8.07 Å². The first-order chi connectivity index (χ1) is 15.0. The summed E-state index contributed by atoms with van der Waals surface area (Å²) < 4.78 is 0. The van der Waals surface area contributed by atoms with E-state index in [9.17, 15) is 0 Å². The van der Waals surface area contributed by atoms with Crippen LogP contribution >= 0.6 is 0 Å². The van der Waals surface area contributed by atoms with Gasteiger partial charge >= 0.3 is 0 Å². The van der Waals surface area contributed by atoms with E-state index >= 15 is 0 Å². The van der Waals surface area contributed by atoms with Gasteiger partial charge in [-0.3, -0.25) is 0 Å². The maximum atomic E-state index is 2.91. The molecule has 0 amide bonds. The lowest BCUT2D eigenvalue weighted by Crippen LogP contribution is -2.43. The lowest BCUT2D eigenvalue weighted by Gasteiger charge is -2.45. The van der Waals surface area contributed by atoms with Gasteiger partial charge in [0.15, 0.2) is 0 Å². The zero-order valence-corrected chi connectivity index (χ0v) is 22.6. The third kappa shape index (κ3) is 4.37. The van der Waals surface area contributed by atoms with Crippen molar-refractivity contribution < 1.29 is 0 Å². The van der Waals surface area contributed by atoms with Crippen molar-refractivity contribution in [3.63, 3.8) is 0 Å². The zero-order valence-electron chi connectivity index (χ0n) is 21.6. The van der Waals surface area contributed by atoms with Gasteiger partial charge in [0, 0.05) is 0 Å². The van der Waals surface area contributed by atoms with E-state index in [0.717, 1.165) is 52.9 Å². The monoisotopic (exact) mass is 442 g/mol. The van der Waals surface area contributed by atoms with E-state index in [-0.39, 0.29) is 0 Å². The Morgan fingerprint density at radius 3 is 1.84 bits per heavy atom. The van der Waals surface area contributed by atoms with Crippen molar-refractivity contribution in [2.45, 2.75) is 141 Å². The van der Waals surface area contributed by atoms with Crippen LogP contribution in [0, 0.1) is 47.3 Å². The molecule has 0 bridgehead atoms. The van der Waals surface area contributed by atoms with Gasteiger partial charge in [0.05, 0.1) is 8.07 Å². The van der Waals surface area contributed by atoms with Gasteiger partial charge in [-0.05, 0) is 90.5 Å². The zero-order chi connectivity index (χ0) is 21.6. The number of rotatable bonds is 5. The molecule has 178 valence electrons. The first-order valence-electron chi connectivity index (χ1n) is 15.0. The van der Waals surface area contributed by atoms with E-state index in [1.54, 1.807) is 77.0 Å². The molecule has 1 heteroatoms. The van der Waals surface area contributed by atoms with E-state index in [1.807, 2.05) is 0 Å². The summed E-state index contributed by atoms with van der Waals surface area (Å²) in [6, 6.07) is 0. The van der Waals surface area contributed by atoms with Crippen LogP contribution in [0.15, 0.2) is 0 Å². The molecule has 5 rings (SSSR count). The molecule has 0 radical (unpaired) electrons. The summed E-state index contributed by atoms with van der Waals surface area (Å²) in [7, 11) is -1.23. The molecule has 0 aliphatic heterocycles. The van der Waals surface area contributed by atoms with Gasteiger partial charge in [-0.2, -0.15) is 0 Å². The van der Waals surface area contributed by atoms with Crippen LogP contribution < -0.4 is 0 Å². The largest absolute Gasteiger partial charge is 0.0689 e. The van der Waals surface area contributed by atoms with Crippen LogP contribution in [0.5, 0.6) is 0 Å². The van der Waals surface area contributed by atoms with Crippen LogP contribution in [0.25, 0.3) is 0 Å². The van der Waals surface area contributed by atoms with Crippen LogP contribution in [-0.2, 0) is 0 Å². The highest BCUT2D eigenvalue weighted by Gasteiger charge is 2.56. The fourth-order valence-electron chi connectivity index (χ4n) is 10.7. The molecule has 5 saturated carbocycles. The normalized spacial score (nSPS) is 45.3. The topological polar surface area (TPSA) is 0 Å². The lowest BCUT2D eigenvalue weighted by molar-refractivity contribution is 0.170. The predicted octanol–water partition coefficient (Wildman–Crippen LogP) is 9.71. The van der Waals surface area contributed by atoms with Crippen molar-refractivity contribution in [3.8, 4) is 0 Å². The summed E-state index contributed by atoms with van der Waals surface area (Å²) >= 11 is 0. The minimum absolute atomic E-state index is 1.01. The van der Waals surface area contributed by atoms with Gasteiger partial charge in [0.2, 0.25) is 0 Å². The molecular weight excluding hydrogens is 388 g/mol. The van der Waals surface area contributed by atoms with Crippen molar-refractivity contribution in [2.24, 2.45) is 47.3 Å². The first kappa shape index (κ1) is 23.0. The van der Waals surface area contributed by atoms with Crippen LogP contribution in [0.1, 0.15) is 117 Å². The van der Waals surface area contributed by atoms with E-state index in [0.29, 0.717) is 0 Å². The molecule has 0 spiro atoms. The summed E-state index contributed by atoms with van der Waals surface area (Å²) in [4.78, 5) is 0. The van der Waals surface area contributed by atoms with Crippen LogP contribution in [0.4, 0.5) is 0 Å². The van der Waals surface area contributed by atoms with Crippen LogP contribution in [0.2, 0.25) is 24.2 Å². The molecule has 31 heavy (non-hydrogen) atoms. The highest BCUT2D eigenvalue weighted by molar-refractivity contribution is 6.80. The Morgan fingerprint density at radius 2 is 1.16 bits per heavy atom. The Hall–Kier alpha value is 0.217. The predicted molar refractivity (Wildman–Crippen MR) is 138 cm³/mol. The SMILES string of the molecule is CC(CC1CC([Si](C)(C)C2CC(C)C3CCCCC32)C2CCCCC12)C1CCCCC1. The molecule has 0 aromatic heterocycles. The van der Waals surface area contributed by atoms with Gasteiger partial charge in [-0.25, -0.2) is 0 Å². The minimum atomic E-state index is -1.23. The van der Waals surface area contributed by atoms with Gasteiger partial charge in [-0.15, -0.1) is 0 Å². The van der Waals surface area contributed by atoms with E-state index < -0.39 is 8.07 Å². The van der Waals surface area contributed by atoms with E-state index in [2.05, 4.69) is 26.9 Å². The molecule has 5 aliphatic carbocycles. The van der Waals surface area contributed by atoms with Crippen LogP contribution in [0.3, 0.4) is 0 Å². The Kier molecular flexibility index (Phi) is 7.01.